The molecule has 0 unspecified atom stereocenters. The number of rotatable bonds is 4. The van der Waals surface area contributed by atoms with E-state index in [-0.39, 0.29) is 5.78 Å². The maximum Gasteiger partial charge on any atom is 0.198 e. The quantitative estimate of drug-likeness (QED) is 0.714. The monoisotopic (exact) mass is 201 g/mol. The molecule has 0 saturated heterocycles. The number of aryl methyl sites for hydroxylation is 1. The van der Waals surface area contributed by atoms with Crippen LogP contribution < -0.4 is 0 Å². The average Bonchev–Trinajstić information content (AvgIpc) is 2.81. The van der Waals surface area contributed by atoms with Gasteiger partial charge < -0.3 is 4.42 Å². The number of furan rings is 1. The molecule has 15 heavy (non-hydrogen) atoms. The van der Waals surface area contributed by atoms with Crippen LogP contribution in [0.25, 0.3) is 0 Å². The van der Waals surface area contributed by atoms with Gasteiger partial charge in [-0.1, -0.05) is 6.07 Å². The number of nitrogens with zero attached hydrogens (tertiary/aromatic N) is 1. The van der Waals surface area contributed by atoms with E-state index in [1.54, 1.807) is 18.3 Å². The third-order valence-electron chi connectivity index (χ3n) is 2.13. The second kappa shape index (κ2) is 4.55. The third-order valence-corrected chi connectivity index (χ3v) is 2.13. The Morgan fingerprint density at radius 3 is 2.87 bits per heavy atom. The van der Waals surface area contributed by atoms with E-state index in [0.29, 0.717) is 18.6 Å². The lowest BCUT2D eigenvalue weighted by molar-refractivity contribution is 0.0955. The SMILES string of the molecule is O=C(CCc1ccccn1)c1ccco1. The van der Waals surface area contributed by atoms with Crippen LogP contribution in [0.5, 0.6) is 0 Å². The van der Waals surface area contributed by atoms with Gasteiger partial charge in [0.2, 0.25) is 0 Å². The molecule has 3 heteroatoms. The molecule has 0 spiro atoms. The van der Waals surface area contributed by atoms with E-state index < -0.39 is 0 Å². The minimum Gasteiger partial charge on any atom is -0.461 e. The van der Waals surface area contributed by atoms with Crippen molar-refractivity contribution in [2.24, 2.45) is 0 Å². The Kier molecular flexibility index (Phi) is 2.93. The normalized spacial score (nSPS) is 10.1. The molecular formula is C12H11NO2. The van der Waals surface area contributed by atoms with Crippen molar-refractivity contribution < 1.29 is 9.21 Å². The van der Waals surface area contributed by atoms with E-state index in [1.807, 2.05) is 18.2 Å². The van der Waals surface area contributed by atoms with Crippen LogP contribution in [0.2, 0.25) is 0 Å². The van der Waals surface area contributed by atoms with Crippen LogP contribution in [0.3, 0.4) is 0 Å². The maximum absolute atomic E-state index is 11.6. The summed E-state index contributed by atoms with van der Waals surface area (Å²) in [7, 11) is 0. The summed E-state index contributed by atoms with van der Waals surface area (Å²) >= 11 is 0. The van der Waals surface area contributed by atoms with Gasteiger partial charge in [0.15, 0.2) is 11.5 Å². The van der Waals surface area contributed by atoms with Crippen molar-refractivity contribution in [2.75, 3.05) is 0 Å². The molecule has 0 radical (unpaired) electrons. The van der Waals surface area contributed by atoms with Gasteiger partial charge in [-0.05, 0) is 30.7 Å². The second-order valence-corrected chi connectivity index (χ2v) is 3.22. The molecule has 0 fully saturated rings. The molecule has 0 amide bonds. The van der Waals surface area contributed by atoms with Crippen LogP contribution in [0.1, 0.15) is 22.7 Å². The van der Waals surface area contributed by atoms with Gasteiger partial charge in [-0.2, -0.15) is 0 Å². The molecule has 0 aliphatic rings. The Morgan fingerprint density at radius 2 is 2.20 bits per heavy atom. The van der Waals surface area contributed by atoms with Crippen LogP contribution >= 0.6 is 0 Å². The van der Waals surface area contributed by atoms with E-state index in [1.165, 1.54) is 6.26 Å². The topological polar surface area (TPSA) is 43.1 Å². The molecular weight excluding hydrogens is 190 g/mol. The maximum atomic E-state index is 11.6. The molecule has 0 atom stereocenters. The summed E-state index contributed by atoms with van der Waals surface area (Å²) in [5, 5.41) is 0. The van der Waals surface area contributed by atoms with Crippen molar-refractivity contribution in [3.05, 3.63) is 54.2 Å². The summed E-state index contributed by atoms with van der Waals surface area (Å²) in [6.07, 6.45) is 4.33. The number of Topliss-reactive ketones (excluding diaryl/α,β-unsaturated/α-hetero) is 1. The number of aromatic nitrogens is 1. The minimum absolute atomic E-state index is 0.0191. The van der Waals surface area contributed by atoms with Gasteiger partial charge in [0.25, 0.3) is 0 Å². The fourth-order valence-electron chi connectivity index (χ4n) is 1.35. The van der Waals surface area contributed by atoms with Gasteiger partial charge in [-0.3, -0.25) is 9.78 Å². The van der Waals surface area contributed by atoms with Crippen LogP contribution in [-0.2, 0) is 6.42 Å². The summed E-state index contributed by atoms with van der Waals surface area (Å²) < 4.78 is 5.01. The molecule has 0 saturated carbocycles. The van der Waals surface area contributed by atoms with Gasteiger partial charge in [-0.25, -0.2) is 0 Å². The first-order chi connectivity index (χ1) is 7.36. The fourth-order valence-corrected chi connectivity index (χ4v) is 1.35. The first kappa shape index (κ1) is 9.65. The van der Waals surface area contributed by atoms with Crippen LogP contribution in [0, 0.1) is 0 Å². The lowest BCUT2D eigenvalue weighted by Gasteiger charge is -1.97. The van der Waals surface area contributed by atoms with Crippen molar-refractivity contribution in [2.45, 2.75) is 12.8 Å². The Morgan fingerprint density at radius 1 is 1.27 bits per heavy atom. The Bertz CT molecular complexity index is 420. The lowest BCUT2D eigenvalue weighted by Crippen LogP contribution is -2.00. The van der Waals surface area contributed by atoms with Gasteiger partial charge >= 0.3 is 0 Å². The first-order valence-corrected chi connectivity index (χ1v) is 4.83. The first-order valence-electron chi connectivity index (χ1n) is 4.83. The molecule has 76 valence electrons. The van der Waals surface area contributed by atoms with Crippen molar-refractivity contribution in [3.8, 4) is 0 Å². The fraction of sp³-hybridized carbons (Fsp3) is 0.167. The number of hydrogen-bond donors (Lipinski definition) is 0. The molecule has 0 N–H and O–H groups in total. The van der Waals surface area contributed by atoms with Crippen molar-refractivity contribution in [1.82, 2.24) is 4.98 Å². The number of pyridine rings is 1. The zero-order chi connectivity index (χ0) is 10.5. The molecule has 0 aromatic carbocycles. The molecule has 2 aromatic rings. The third kappa shape index (κ3) is 2.53. The standard InChI is InChI=1S/C12H11NO2/c14-11(12-5-3-9-15-12)7-6-10-4-1-2-8-13-10/h1-5,8-9H,6-7H2. The molecule has 2 rings (SSSR count). The predicted octanol–water partition coefficient (Wildman–Crippen LogP) is 2.49. The Labute approximate surface area is 87.8 Å². The van der Waals surface area contributed by atoms with E-state index >= 15 is 0 Å². The highest BCUT2D eigenvalue weighted by Crippen LogP contribution is 2.07. The van der Waals surface area contributed by atoms with Crippen LogP contribution in [-0.4, -0.2) is 10.8 Å². The minimum atomic E-state index is 0.0191. The Hall–Kier alpha value is -1.90. The summed E-state index contributed by atoms with van der Waals surface area (Å²) in [6.45, 7) is 0. The van der Waals surface area contributed by atoms with Crippen molar-refractivity contribution >= 4 is 5.78 Å². The molecule has 0 aliphatic heterocycles. The molecule has 2 heterocycles. The van der Waals surface area contributed by atoms with Crippen LogP contribution in [0.4, 0.5) is 0 Å². The van der Waals surface area contributed by atoms with Gasteiger partial charge in [0.05, 0.1) is 6.26 Å². The van der Waals surface area contributed by atoms with E-state index in [2.05, 4.69) is 4.98 Å². The van der Waals surface area contributed by atoms with E-state index in [9.17, 15) is 4.79 Å². The number of hydrogen-bond acceptors (Lipinski definition) is 3. The summed E-state index contributed by atoms with van der Waals surface area (Å²) in [5.74, 6) is 0.441. The number of ketones is 1. The van der Waals surface area contributed by atoms with Crippen LogP contribution in [0.15, 0.2) is 47.2 Å². The largest absolute Gasteiger partial charge is 0.461 e. The zero-order valence-electron chi connectivity index (χ0n) is 8.22. The highest BCUT2D eigenvalue weighted by molar-refractivity contribution is 5.93. The molecule has 0 bridgehead atoms. The van der Waals surface area contributed by atoms with E-state index in [4.69, 9.17) is 4.42 Å². The predicted molar refractivity (Wildman–Crippen MR) is 55.6 cm³/mol. The molecule has 2 aromatic heterocycles. The summed E-state index contributed by atoms with van der Waals surface area (Å²) in [4.78, 5) is 15.7. The Balaban J connectivity index is 1.92. The average molecular weight is 201 g/mol. The van der Waals surface area contributed by atoms with Gasteiger partial charge in [-0.15, -0.1) is 0 Å². The second-order valence-electron chi connectivity index (χ2n) is 3.22. The number of carbonyl (C=O) groups excluding carboxylic acids is 1. The highest BCUT2D eigenvalue weighted by atomic mass is 16.3. The lowest BCUT2D eigenvalue weighted by atomic mass is 10.1. The summed E-state index contributed by atoms with van der Waals surface area (Å²) in [5.41, 5.74) is 0.928. The van der Waals surface area contributed by atoms with Crippen molar-refractivity contribution in [1.29, 1.82) is 0 Å². The van der Waals surface area contributed by atoms with Gasteiger partial charge in [0.1, 0.15) is 0 Å². The zero-order valence-corrected chi connectivity index (χ0v) is 8.22. The number of carbonyl (C=O) groups is 1. The smallest absolute Gasteiger partial charge is 0.198 e. The summed E-state index contributed by atoms with van der Waals surface area (Å²) in [6, 6.07) is 9.09. The van der Waals surface area contributed by atoms with E-state index in [0.717, 1.165) is 5.69 Å². The van der Waals surface area contributed by atoms with Crippen molar-refractivity contribution in [3.63, 3.8) is 0 Å². The van der Waals surface area contributed by atoms with Gasteiger partial charge in [0, 0.05) is 18.3 Å². The molecule has 0 aliphatic carbocycles. The molecule has 3 nitrogen and oxygen atoms in total. The highest BCUT2D eigenvalue weighted by Gasteiger charge is 2.08.